The maximum Gasteiger partial charge on any atom is 0.189 e. The van der Waals surface area contributed by atoms with Gasteiger partial charge in [-0.05, 0) is 6.92 Å². The molecule has 0 unspecified atom stereocenters. The Morgan fingerprint density at radius 3 is 2.20 bits per heavy atom. The Morgan fingerprint density at radius 2 is 1.73 bits per heavy atom. The summed E-state index contributed by atoms with van der Waals surface area (Å²) in [6.45, 7) is 4.76. The van der Waals surface area contributed by atoms with Crippen molar-refractivity contribution in [3.05, 3.63) is 0 Å². The van der Waals surface area contributed by atoms with Crippen molar-refractivity contribution in [3.63, 3.8) is 0 Å². The normalized spacial score (nSPS) is 57.4. The van der Waals surface area contributed by atoms with Crippen molar-refractivity contribution in [1.82, 2.24) is 0 Å². The molecule has 1 saturated carbocycles. The number of rotatable bonds is 1. The van der Waals surface area contributed by atoms with Crippen molar-refractivity contribution in [3.8, 4) is 0 Å². The second-order valence-corrected chi connectivity index (χ2v) is 5.25. The first-order valence-corrected chi connectivity index (χ1v) is 4.98. The van der Waals surface area contributed by atoms with Crippen LogP contribution in [0.3, 0.4) is 0 Å². The van der Waals surface area contributed by atoms with E-state index in [4.69, 9.17) is 9.47 Å². The van der Waals surface area contributed by atoms with Gasteiger partial charge in [-0.15, -0.1) is 0 Å². The lowest BCUT2D eigenvalue weighted by molar-refractivity contribution is -0.288. The molecular formula is C10H18O5. The van der Waals surface area contributed by atoms with Crippen LogP contribution in [0.15, 0.2) is 0 Å². The lowest BCUT2D eigenvalue weighted by atomic mass is 9.89. The Morgan fingerprint density at radius 1 is 1.20 bits per heavy atom. The first kappa shape index (κ1) is 11.3. The van der Waals surface area contributed by atoms with Crippen molar-refractivity contribution < 1.29 is 24.8 Å². The fourth-order valence-electron chi connectivity index (χ4n) is 3.11. The summed E-state index contributed by atoms with van der Waals surface area (Å²) in [7, 11) is 1.40. The minimum atomic E-state index is -1.59. The van der Waals surface area contributed by atoms with Gasteiger partial charge in [0.05, 0.1) is 6.61 Å². The third kappa shape index (κ3) is 0.841. The number of ether oxygens (including phenoxy) is 2. The number of hydrogen-bond acceptors (Lipinski definition) is 5. The third-order valence-electron chi connectivity index (χ3n) is 4.20. The molecule has 88 valence electrons. The summed E-state index contributed by atoms with van der Waals surface area (Å²) in [5, 5.41) is 30.8. The first-order valence-electron chi connectivity index (χ1n) is 4.98. The molecule has 15 heavy (non-hydrogen) atoms. The smallest absolute Gasteiger partial charge is 0.189 e. The molecule has 5 heteroatoms. The van der Waals surface area contributed by atoms with E-state index in [1.165, 1.54) is 14.0 Å². The molecular weight excluding hydrogens is 200 g/mol. The molecule has 0 radical (unpaired) electrons. The second kappa shape index (κ2) is 2.55. The summed E-state index contributed by atoms with van der Waals surface area (Å²) in [5.74, 6) is 0. The lowest BCUT2D eigenvalue weighted by Crippen LogP contribution is -2.60. The molecule has 2 aliphatic rings. The SMILES string of the molecule is CO[C@@H]1OC[C@@](C)(O)[C@]2(O)C(C)(C)[C@]12O. The van der Waals surface area contributed by atoms with Gasteiger partial charge in [-0.2, -0.15) is 0 Å². The maximum absolute atomic E-state index is 10.4. The third-order valence-corrected chi connectivity index (χ3v) is 4.20. The van der Waals surface area contributed by atoms with Gasteiger partial charge >= 0.3 is 0 Å². The van der Waals surface area contributed by atoms with E-state index in [-0.39, 0.29) is 6.61 Å². The van der Waals surface area contributed by atoms with Crippen molar-refractivity contribution in [2.75, 3.05) is 13.7 Å². The van der Waals surface area contributed by atoms with Crippen molar-refractivity contribution >= 4 is 0 Å². The Balaban J connectivity index is 2.47. The molecule has 0 amide bonds. The van der Waals surface area contributed by atoms with E-state index >= 15 is 0 Å². The van der Waals surface area contributed by atoms with Crippen LogP contribution in [-0.4, -0.2) is 52.1 Å². The topological polar surface area (TPSA) is 79.2 Å². The fourth-order valence-corrected chi connectivity index (χ4v) is 3.11. The molecule has 5 nitrogen and oxygen atoms in total. The molecule has 0 aromatic heterocycles. The van der Waals surface area contributed by atoms with Crippen LogP contribution in [0.1, 0.15) is 20.8 Å². The molecule has 0 aromatic rings. The Kier molecular flexibility index (Phi) is 1.92. The Hall–Kier alpha value is -0.200. The van der Waals surface area contributed by atoms with Gasteiger partial charge in [0.2, 0.25) is 0 Å². The number of methoxy groups -OCH3 is 1. The summed E-state index contributed by atoms with van der Waals surface area (Å²) in [4.78, 5) is 0. The van der Waals surface area contributed by atoms with Gasteiger partial charge in [-0.25, -0.2) is 0 Å². The highest BCUT2D eigenvalue weighted by Crippen LogP contribution is 2.72. The van der Waals surface area contributed by atoms with E-state index in [9.17, 15) is 15.3 Å². The molecule has 1 heterocycles. The quantitative estimate of drug-likeness (QED) is 0.539. The summed E-state index contributed by atoms with van der Waals surface area (Å²) >= 11 is 0. The molecule has 2 fully saturated rings. The highest BCUT2D eigenvalue weighted by Gasteiger charge is 2.92. The summed E-state index contributed by atoms with van der Waals surface area (Å²) in [6, 6.07) is 0. The molecule has 3 N–H and O–H groups in total. The van der Waals surface area contributed by atoms with Crippen molar-refractivity contribution in [1.29, 1.82) is 0 Å². The summed E-state index contributed by atoms with van der Waals surface area (Å²) in [5.41, 5.74) is -5.48. The number of hydrogen-bond donors (Lipinski definition) is 3. The number of fused-ring (bicyclic) bond motifs is 1. The molecule has 1 saturated heterocycles. The van der Waals surface area contributed by atoms with Crippen LogP contribution >= 0.6 is 0 Å². The van der Waals surface area contributed by atoms with Crippen LogP contribution in [0.4, 0.5) is 0 Å². The molecule has 0 bridgehead atoms. The minimum absolute atomic E-state index is 0.0618. The van der Waals surface area contributed by atoms with E-state index in [1.54, 1.807) is 13.8 Å². The summed E-state index contributed by atoms with van der Waals surface area (Å²) < 4.78 is 10.2. The number of aliphatic hydroxyl groups is 3. The van der Waals surface area contributed by atoms with E-state index < -0.39 is 28.5 Å². The van der Waals surface area contributed by atoms with Crippen LogP contribution in [0.25, 0.3) is 0 Å². The van der Waals surface area contributed by atoms with Crippen LogP contribution in [-0.2, 0) is 9.47 Å². The van der Waals surface area contributed by atoms with Gasteiger partial charge in [-0.3, -0.25) is 0 Å². The van der Waals surface area contributed by atoms with Crippen LogP contribution in [0.5, 0.6) is 0 Å². The average molecular weight is 218 g/mol. The molecule has 0 aromatic carbocycles. The maximum atomic E-state index is 10.4. The molecule has 4 atom stereocenters. The molecule has 1 aliphatic carbocycles. The first-order chi connectivity index (χ1) is 6.67. The molecule has 2 rings (SSSR count). The monoisotopic (exact) mass is 218 g/mol. The van der Waals surface area contributed by atoms with Crippen LogP contribution in [0, 0.1) is 5.41 Å². The van der Waals surface area contributed by atoms with Gasteiger partial charge in [-0.1, -0.05) is 13.8 Å². The Labute approximate surface area is 88.6 Å². The van der Waals surface area contributed by atoms with E-state index in [0.29, 0.717) is 0 Å². The zero-order valence-electron chi connectivity index (χ0n) is 9.44. The zero-order chi connectivity index (χ0) is 11.7. The van der Waals surface area contributed by atoms with E-state index in [2.05, 4.69) is 0 Å². The average Bonchev–Trinajstić information content (AvgIpc) is 2.48. The highest BCUT2D eigenvalue weighted by molar-refractivity contribution is 5.40. The van der Waals surface area contributed by atoms with Gasteiger partial charge in [0, 0.05) is 12.5 Å². The van der Waals surface area contributed by atoms with Gasteiger partial charge < -0.3 is 24.8 Å². The summed E-state index contributed by atoms with van der Waals surface area (Å²) in [6.07, 6.45) is -0.905. The Bertz CT molecular complexity index is 300. The largest absolute Gasteiger partial charge is 0.385 e. The van der Waals surface area contributed by atoms with Gasteiger partial charge in [0.15, 0.2) is 11.9 Å². The predicted octanol–water partition coefficient (Wildman–Crippen LogP) is -0.758. The molecule has 0 spiro atoms. The van der Waals surface area contributed by atoms with Crippen molar-refractivity contribution in [2.24, 2.45) is 5.41 Å². The lowest BCUT2D eigenvalue weighted by Gasteiger charge is -2.39. The molecule has 1 aliphatic heterocycles. The van der Waals surface area contributed by atoms with E-state index in [1.807, 2.05) is 0 Å². The zero-order valence-corrected chi connectivity index (χ0v) is 9.44. The second-order valence-electron chi connectivity index (χ2n) is 5.25. The van der Waals surface area contributed by atoms with Crippen LogP contribution in [0.2, 0.25) is 0 Å². The van der Waals surface area contributed by atoms with Crippen LogP contribution < -0.4 is 0 Å². The van der Waals surface area contributed by atoms with Gasteiger partial charge in [0.25, 0.3) is 0 Å². The van der Waals surface area contributed by atoms with Crippen molar-refractivity contribution in [2.45, 2.75) is 43.9 Å². The minimum Gasteiger partial charge on any atom is -0.385 e. The predicted molar refractivity (Wildman–Crippen MR) is 51.1 cm³/mol. The van der Waals surface area contributed by atoms with Gasteiger partial charge in [0.1, 0.15) is 11.2 Å². The standard InChI is InChI=1S/C10H18O5/c1-7(2)9(12)6(14-4)15-5-8(3,11)10(7,9)13/h6,11-13H,5H2,1-4H3/t6-,8-,9-,10-/m1/s1. The fraction of sp³-hybridized carbons (Fsp3) is 1.00. The highest BCUT2D eigenvalue weighted by atomic mass is 16.7. The van der Waals surface area contributed by atoms with E-state index in [0.717, 1.165) is 0 Å².